The van der Waals surface area contributed by atoms with Gasteiger partial charge in [-0.25, -0.2) is 4.39 Å². The summed E-state index contributed by atoms with van der Waals surface area (Å²) in [5.41, 5.74) is 2.73. The van der Waals surface area contributed by atoms with Gasteiger partial charge in [-0.2, -0.15) is 5.26 Å². The van der Waals surface area contributed by atoms with Gasteiger partial charge in [-0.3, -0.25) is 0 Å². The Morgan fingerprint density at radius 3 is 2.60 bits per heavy atom. The van der Waals surface area contributed by atoms with E-state index in [0.29, 0.717) is 31.6 Å². The van der Waals surface area contributed by atoms with E-state index in [9.17, 15) is 9.60 Å². The molecule has 0 bridgehead atoms. The molecule has 25 heavy (non-hydrogen) atoms. The van der Waals surface area contributed by atoms with Gasteiger partial charge in [0.15, 0.2) is 0 Å². The maximum Gasteiger partial charge on any atom is 0.123 e. The highest BCUT2D eigenvalue weighted by Gasteiger charge is 2.41. The summed E-state index contributed by atoms with van der Waals surface area (Å²) in [5, 5.41) is 21.0. The lowest BCUT2D eigenvalue weighted by molar-refractivity contribution is -0.840. The van der Waals surface area contributed by atoms with E-state index in [1.165, 1.54) is 12.1 Å². The van der Waals surface area contributed by atoms with Gasteiger partial charge in [0.05, 0.1) is 38.9 Å². The minimum atomic E-state index is -0.702. The maximum atomic E-state index is 13.4. The molecule has 1 atom stereocenters. The fourth-order valence-corrected chi connectivity index (χ4v) is 3.47. The van der Waals surface area contributed by atoms with Crippen LogP contribution in [0.3, 0.4) is 0 Å². The quantitative estimate of drug-likeness (QED) is 0.614. The molecular formula is C20H21FN2O2. The predicted octanol–water partition coefficient (Wildman–Crippen LogP) is 3.83. The summed E-state index contributed by atoms with van der Waals surface area (Å²) in [6, 6.07) is 14.0. The van der Waals surface area contributed by atoms with Gasteiger partial charge >= 0.3 is 0 Å². The molecule has 2 aromatic rings. The van der Waals surface area contributed by atoms with E-state index >= 15 is 0 Å². The van der Waals surface area contributed by atoms with Gasteiger partial charge in [0, 0.05) is 6.42 Å². The summed E-state index contributed by atoms with van der Waals surface area (Å²) in [6.07, 6.45) is 1.30. The fourth-order valence-electron chi connectivity index (χ4n) is 3.47. The molecule has 0 saturated heterocycles. The summed E-state index contributed by atoms with van der Waals surface area (Å²) in [5.74, 6) is -0.297. The van der Waals surface area contributed by atoms with Crippen molar-refractivity contribution in [3.63, 3.8) is 0 Å². The van der Waals surface area contributed by atoms with Crippen molar-refractivity contribution in [2.24, 2.45) is 0 Å². The zero-order chi connectivity index (χ0) is 18.1. The van der Waals surface area contributed by atoms with Crippen molar-refractivity contribution in [3.8, 4) is 6.07 Å². The number of hydrogen-bond acceptors (Lipinski definition) is 3. The van der Waals surface area contributed by atoms with Crippen LogP contribution < -0.4 is 0 Å². The normalized spacial score (nSPS) is 19.5. The third kappa shape index (κ3) is 3.57. The summed E-state index contributed by atoms with van der Waals surface area (Å²) < 4.78 is 19.2. The van der Waals surface area contributed by atoms with E-state index in [2.05, 4.69) is 6.07 Å². The van der Waals surface area contributed by atoms with E-state index in [1.807, 2.05) is 12.1 Å². The first-order valence-electron chi connectivity index (χ1n) is 8.32. The van der Waals surface area contributed by atoms with Crippen molar-refractivity contribution in [3.05, 3.63) is 75.7 Å². The Morgan fingerprint density at radius 2 is 1.96 bits per heavy atom. The van der Waals surface area contributed by atoms with Crippen LogP contribution in [0.2, 0.25) is 0 Å². The molecular weight excluding hydrogens is 319 g/mol. The number of halogens is 1. The molecule has 1 aliphatic heterocycles. The molecule has 0 aromatic heterocycles. The number of benzene rings is 2. The Labute approximate surface area is 147 Å². The van der Waals surface area contributed by atoms with Crippen LogP contribution in [0.4, 0.5) is 4.39 Å². The zero-order valence-electron chi connectivity index (χ0n) is 14.5. The lowest BCUT2D eigenvalue weighted by Crippen LogP contribution is -2.35. The van der Waals surface area contributed by atoms with Crippen molar-refractivity contribution in [2.45, 2.75) is 25.0 Å². The number of rotatable bonds is 5. The molecule has 3 rings (SSSR count). The molecule has 0 N–H and O–H groups in total. The van der Waals surface area contributed by atoms with Crippen molar-refractivity contribution < 1.29 is 13.8 Å². The second kappa shape index (κ2) is 6.57. The van der Waals surface area contributed by atoms with Crippen molar-refractivity contribution in [2.75, 3.05) is 20.6 Å². The number of nitriles is 1. The second-order valence-corrected chi connectivity index (χ2v) is 7.01. The summed E-state index contributed by atoms with van der Waals surface area (Å²) in [6.45, 7) is 0.871. The Balaban J connectivity index is 2.00. The van der Waals surface area contributed by atoms with Crippen LogP contribution in [-0.2, 0) is 16.9 Å². The topological polar surface area (TPSA) is 56.1 Å². The van der Waals surface area contributed by atoms with Crippen LogP contribution in [0.15, 0.2) is 42.5 Å². The lowest BCUT2D eigenvalue weighted by atomic mass is 9.81. The predicted molar refractivity (Wildman–Crippen MR) is 92.7 cm³/mol. The zero-order valence-corrected chi connectivity index (χ0v) is 14.5. The standard InChI is InChI=1S/C20H21FN2O2/c1-23(2,24)11-3-10-20(17-5-7-18(21)8-6-17)19-9-4-15(13-22)12-16(19)14-25-20/h4-9,12H,3,10-11,14H2,1-2H3/t20-/m1/s1. The number of ether oxygens (including phenoxy) is 1. The minimum Gasteiger partial charge on any atom is -0.633 e. The summed E-state index contributed by atoms with van der Waals surface area (Å²) in [7, 11) is 3.24. The molecule has 130 valence electrons. The van der Waals surface area contributed by atoms with Crippen LogP contribution in [0.5, 0.6) is 0 Å². The van der Waals surface area contributed by atoms with E-state index in [-0.39, 0.29) is 10.5 Å². The molecule has 4 nitrogen and oxygen atoms in total. The second-order valence-electron chi connectivity index (χ2n) is 7.01. The molecule has 1 aliphatic rings. The third-order valence-electron chi connectivity index (χ3n) is 4.68. The van der Waals surface area contributed by atoms with Crippen LogP contribution >= 0.6 is 0 Å². The SMILES string of the molecule is C[N+](C)([O-])CCC[C@]1(c2ccc(F)cc2)OCc2cc(C#N)ccc21. The Morgan fingerprint density at radius 1 is 1.24 bits per heavy atom. The minimum absolute atomic E-state index is 0.297. The van der Waals surface area contributed by atoms with Gasteiger partial charge in [-0.05, 0) is 47.4 Å². The number of fused-ring (bicyclic) bond motifs is 1. The van der Waals surface area contributed by atoms with Crippen LogP contribution in [0.1, 0.15) is 35.1 Å². The van der Waals surface area contributed by atoms with E-state index in [4.69, 9.17) is 10.00 Å². The van der Waals surface area contributed by atoms with Crippen molar-refractivity contribution >= 4 is 0 Å². The molecule has 0 fully saturated rings. The lowest BCUT2D eigenvalue weighted by Gasteiger charge is -2.36. The highest BCUT2D eigenvalue weighted by atomic mass is 19.1. The van der Waals surface area contributed by atoms with Crippen molar-refractivity contribution in [1.29, 1.82) is 5.26 Å². The largest absolute Gasteiger partial charge is 0.633 e. The highest BCUT2D eigenvalue weighted by Crippen LogP contribution is 2.45. The Bertz CT molecular complexity index is 806. The van der Waals surface area contributed by atoms with E-state index in [1.54, 1.807) is 32.3 Å². The third-order valence-corrected chi connectivity index (χ3v) is 4.68. The maximum absolute atomic E-state index is 13.4. The van der Waals surface area contributed by atoms with Gasteiger partial charge in [0.2, 0.25) is 0 Å². The van der Waals surface area contributed by atoms with Gasteiger partial charge in [-0.1, -0.05) is 18.2 Å². The average molecular weight is 340 g/mol. The molecule has 1 heterocycles. The highest BCUT2D eigenvalue weighted by molar-refractivity contribution is 5.47. The smallest absolute Gasteiger partial charge is 0.123 e. The molecule has 5 heteroatoms. The first-order valence-corrected chi connectivity index (χ1v) is 8.32. The number of nitrogens with zero attached hydrogens (tertiary/aromatic N) is 2. The molecule has 0 saturated carbocycles. The van der Waals surface area contributed by atoms with Crippen LogP contribution in [-0.4, -0.2) is 25.3 Å². The number of hydrogen-bond donors (Lipinski definition) is 0. The monoisotopic (exact) mass is 340 g/mol. The van der Waals surface area contributed by atoms with E-state index in [0.717, 1.165) is 16.7 Å². The number of quaternary nitrogens is 1. The Kier molecular flexibility index (Phi) is 4.61. The number of hydroxylamine groups is 3. The molecule has 0 unspecified atom stereocenters. The molecule has 0 amide bonds. The van der Waals surface area contributed by atoms with E-state index < -0.39 is 5.60 Å². The van der Waals surface area contributed by atoms with Gasteiger partial charge in [0.1, 0.15) is 11.4 Å². The molecule has 0 spiro atoms. The van der Waals surface area contributed by atoms with Crippen molar-refractivity contribution in [1.82, 2.24) is 0 Å². The summed E-state index contributed by atoms with van der Waals surface area (Å²) in [4.78, 5) is 0. The molecule has 0 aliphatic carbocycles. The first-order chi connectivity index (χ1) is 11.8. The van der Waals surface area contributed by atoms with Gasteiger partial charge in [-0.15, -0.1) is 0 Å². The average Bonchev–Trinajstić information content (AvgIpc) is 2.93. The molecule has 2 aromatic carbocycles. The van der Waals surface area contributed by atoms with Gasteiger partial charge < -0.3 is 14.6 Å². The van der Waals surface area contributed by atoms with Crippen LogP contribution in [0.25, 0.3) is 0 Å². The van der Waals surface area contributed by atoms with Crippen LogP contribution in [0, 0.1) is 22.4 Å². The Hall–Kier alpha value is -2.26. The summed E-state index contributed by atoms with van der Waals surface area (Å²) >= 11 is 0. The van der Waals surface area contributed by atoms with Gasteiger partial charge in [0.25, 0.3) is 0 Å². The fraction of sp³-hybridized carbons (Fsp3) is 0.350. The molecule has 0 radical (unpaired) electrons. The first kappa shape index (κ1) is 17.6.